The maximum absolute atomic E-state index is 13.6. The molecule has 4 aromatic rings. The number of benzene rings is 3. The van der Waals surface area contributed by atoms with E-state index in [1.165, 1.54) is 28.8 Å². The van der Waals surface area contributed by atoms with Gasteiger partial charge in [-0.15, -0.1) is 10.2 Å². The molecule has 1 saturated heterocycles. The molecule has 3 heterocycles. The number of Topliss-reactive ketones (excluding diaryl/α,β-unsaturated/α-hetero) is 1. The number of fused-ring (bicyclic) bond motifs is 1. The number of amides is 1. The average molecular weight is 616 g/mol. The Morgan fingerprint density at radius 2 is 2.00 bits per heavy atom. The minimum atomic E-state index is -0.987. The fourth-order valence-electron chi connectivity index (χ4n) is 5.08. The molecule has 1 N–H and O–H groups in total. The summed E-state index contributed by atoms with van der Waals surface area (Å²) < 4.78 is 25.4. The van der Waals surface area contributed by atoms with Crippen molar-refractivity contribution in [1.82, 2.24) is 10.2 Å². The van der Waals surface area contributed by atoms with Crippen LogP contribution in [0.2, 0.25) is 0 Å². The lowest BCUT2D eigenvalue weighted by Gasteiger charge is -2.23. The van der Waals surface area contributed by atoms with E-state index in [2.05, 4.69) is 16.8 Å². The summed E-state index contributed by atoms with van der Waals surface area (Å²) in [5.74, 6) is -0.508. The van der Waals surface area contributed by atoms with Crippen LogP contribution in [-0.4, -0.2) is 39.7 Å². The molecule has 0 radical (unpaired) electrons. The number of anilines is 1. The van der Waals surface area contributed by atoms with Gasteiger partial charge in [0.2, 0.25) is 5.13 Å². The van der Waals surface area contributed by atoms with Gasteiger partial charge in [0.05, 0.1) is 11.6 Å². The van der Waals surface area contributed by atoms with Gasteiger partial charge in [-0.3, -0.25) is 14.5 Å². The first kappa shape index (κ1) is 28.6. The first-order chi connectivity index (χ1) is 20.8. The van der Waals surface area contributed by atoms with E-state index in [4.69, 9.17) is 9.47 Å². The van der Waals surface area contributed by atoms with E-state index in [1.54, 1.807) is 60.7 Å². The Bertz CT molecular complexity index is 1750. The molecule has 2 aliphatic rings. The van der Waals surface area contributed by atoms with Crippen molar-refractivity contribution in [3.63, 3.8) is 0 Å². The van der Waals surface area contributed by atoms with Gasteiger partial charge in [-0.2, -0.15) is 0 Å². The van der Waals surface area contributed by atoms with Crippen molar-refractivity contribution in [3.05, 3.63) is 113 Å². The third-order valence-electron chi connectivity index (χ3n) is 7.03. The average Bonchev–Trinajstić information content (AvgIpc) is 3.70. The minimum absolute atomic E-state index is 0.00353. The van der Waals surface area contributed by atoms with Crippen LogP contribution in [0.3, 0.4) is 0 Å². The molecule has 43 heavy (non-hydrogen) atoms. The second-order valence-electron chi connectivity index (χ2n) is 10.1. The molecular weight excluding hydrogens is 590 g/mol. The zero-order valence-electron chi connectivity index (χ0n) is 23.0. The minimum Gasteiger partial charge on any atom is -0.507 e. The number of ether oxygens (including phenoxy) is 2. The number of ketones is 1. The molecule has 0 aliphatic carbocycles. The van der Waals surface area contributed by atoms with Gasteiger partial charge >= 0.3 is 5.91 Å². The summed E-state index contributed by atoms with van der Waals surface area (Å²) in [7, 11) is 0. The molecule has 1 aromatic heterocycles. The smallest absolute Gasteiger partial charge is 0.301 e. The molecule has 1 fully saturated rings. The highest BCUT2D eigenvalue weighted by Crippen LogP contribution is 2.45. The fraction of sp³-hybridized carbons (Fsp3) is 0.188. The quantitative estimate of drug-likeness (QED) is 0.0570. The number of halogens is 1. The lowest BCUT2D eigenvalue weighted by molar-refractivity contribution is -0.132. The van der Waals surface area contributed by atoms with E-state index in [9.17, 15) is 19.1 Å². The molecule has 1 amide bonds. The van der Waals surface area contributed by atoms with Crippen molar-refractivity contribution in [2.24, 2.45) is 0 Å². The van der Waals surface area contributed by atoms with Gasteiger partial charge in [0, 0.05) is 17.7 Å². The van der Waals surface area contributed by atoms with Gasteiger partial charge in [-0.05, 0) is 66.1 Å². The van der Waals surface area contributed by atoms with E-state index in [0.29, 0.717) is 33.4 Å². The Morgan fingerprint density at radius 1 is 1.19 bits per heavy atom. The SMILES string of the molecule is C=CCOc1cccc(C2C(=C(O)c3ccc4c(c3)CC(C)O4)C(=O)C(=O)N2c2nnc(SCc3ccc(F)cc3)s2)c1. The second-order valence-corrected chi connectivity index (χ2v) is 12.2. The highest BCUT2D eigenvalue weighted by Gasteiger charge is 2.48. The number of hydrogen-bond acceptors (Lipinski definition) is 9. The van der Waals surface area contributed by atoms with E-state index in [-0.39, 0.29) is 35.0 Å². The van der Waals surface area contributed by atoms with E-state index >= 15 is 0 Å². The van der Waals surface area contributed by atoms with Gasteiger partial charge in [-0.25, -0.2) is 4.39 Å². The molecule has 2 atom stereocenters. The largest absolute Gasteiger partial charge is 0.507 e. The van der Waals surface area contributed by atoms with Crippen LogP contribution in [0.5, 0.6) is 11.5 Å². The maximum atomic E-state index is 13.6. The summed E-state index contributed by atoms with van der Waals surface area (Å²) in [6, 6.07) is 17.4. The van der Waals surface area contributed by atoms with Crippen molar-refractivity contribution >= 4 is 45.7 Å². The Morgan fingerprint density at radius 3 is 2.79 bits per heavy atom. The van der Waals surface area contributed by atoms with Crippen LogP contribution in [0.4, 0.5) is 9.52 Å². The standard InChI is InChI=1S/C32H26FN3O5S2/c1-3-13-40-24-6-4-5-20(16-24)27-26(28(37)21-9-12-25-22(15-21)14-18(2)41-25)29(38)30(39)36(27)31-34-35-32(43-31)42-17-19-7-10-23(33)11-8-19/h3-12,15-16,18,27,37H,1,13-14,17H2,2H3. The first-order valence-electron chi connectivity index (χ1n) is 13.5. The van der Waals surface area contributed by atoms with Crippen molar-refractivity contribution in [3.8, 4) is 11.5 Å². The summed E-state index contributed by atoms with van der Waals surface area (Å²) in [6.45, 7) is 5.91. The first-order valence-corrected chi connectivity index (χ1v) is 15.3. The van der Waals surface area contributed by atoms with Gasteiger partial charge < -0.3 is 14.6 Å². The Kier molecular flexibility index (Phi) is 8.00. The summed E-state index contributed by atoms with van der Waals surface area (Å²) in [5, 5.41) is 20.3. The molecule has 218 valence electrons. The van der Waals surface area contributed by atoms with E-state index < -0.39 is 17.7 Å². The fourth-order valence-corrected chi connectivity index (χ4v) is 6.91. The third kappa shape index (κ3) is 5.78. The van der Waals surface area contributed by atoms with Crippen LogP contribution in [-0.2, 0) is 21.8 Å². The normalized spacial score (nSPS) is 18.9. The third-order valence-corrected chi connectivity index (χ3v) is 9.16. The lowest BCUT2D eigenvalue weighted by Crippen LogP contribution is -2.29. The summed E-state index contributed by atoms with van der Waals surface area (Å²) in [4.78, 5) is 28.5. The molecule has 0 spiro atoms. The van der Waals surface area contributed by atoms with Gasteiger partial charge in [0.25, 0.3) is 5.78 Å². The van der Waals surface area contributed by atoms with Crippen LogP contribution in [0.15, 0.2) is 89.3 Å². The molecule has 8 nitrogen and oxygen atoms in total. The summed E-state index contributed by atoms with van der Waals surface area (Å²) in [6.07, 6.45) is 2.28. The van der Waals surface area contributed by atoms with Crippen LogP contribution < -0.4 is 14.4 Å². The molecule has 6 rings (SSSR count). The zero-order chi connectivity index (χ0) is 30.1. The molecule has 3 aromatic carbocycles. The van der Waals surface area contributed by atoms with Crippen LogP contribution in [0, 0.1) is 5.82 Å². The number of nitrogens with zero attached hydrogens (tertiary/aromatic N) is 3. The highest BCUT2D eigenvalue weighted by atomic mass is 32.2. The number of aliphatic hydroxyl groups is 1. The van der Waals surface area contributed by atoms with Gasteiger partial charge in [-0.1, -0.05) is 60.0 Å². The molecule has 2 aliphatic heterocycles. The van der Waals surface area contributed by atoms with Crippen molar-refractivity contribution in [1.29, 1.82) is 0 Å². The van der Waals surface area contributed by atoms with Crippen LogP contribution >= 0.6 is 23.1 Å². The molecule has 0 saturated carbocycles. The van der Waals surface area contributed by atoms with Crippen LogP contribution in [0.25, 0.3) is 5.76 Å². The maximum Gasteiger partial charge on any atom is 0.301 e. The van der Waals surface area contributed by atoms with Crippen molar-refractivity contribution in [2.45, 2.75) is 35.6 Å². The summed E-state index contributed by atoms with van der Waals surface area (Å²) >= 11 is 2.54. The number of thioether (sulfide) groups is 1. The Balaban J connectivity index is 1.39. The predicted octanol–water partition coefficient (Wildman–Crippen LogP) is 6.48. The number of hydrogen-bond donors (Lipinski definition) is 1. The van der Waals surface area contributed by atoms with Gasteiger partial charge in [0.1, 0.15) is 35.8 Å². The number of aromatic nitrogens is 2. The topological polar surface area (TPSA) is 102 Å². The number of rotatable bonds is 9. The highest BCUT2D eigenvalue weighted by molar-refractivity contribution is 8.00. The summed E-state index contributed by atoms with van der Waals surface area (Å²) in [5.41, 5.74) is 2.71. The molecule has 11 heteroatoms. The predicted molar refractivity (Wildman–Crippen MR) is 163 cm³/mol. The van der Waals surface area contributed by atoms with Gasteiger partial charge in [0.15, 0.2) is 4.34 Å². The van der Waals surface area contributed by atoms with E-state index in [0.717, 1.165) is 28.2 Å². The van der Waals surface area contributed by atoms with Crippen molar-refractivity contribution < 1.29 is 28.6 Å². The number of carbonyl (C=O) groups is 2. The lowest BCUT2D eigenvalue weighted by atomic mass is 9.94. The van der Waals surface area contributed by atoms with Crippen LogP contribution in [0.1, 0.15) is 35.2 Å². The molecular formula is C32H26FN3O5S2. The monoisotopic (exact) mass is 615 g/mol. The molecule has 2 unspecified atom stereocenters. The number of aliphatic hydroxyl groups excluding tert-OH is 1. The van der Waals surface area contributed by atoms with Crippen molar-refractivity contribution in [2.75, 3.05) is 11.5 Å². The second kappa shape index (κ2) is 12.0. The molecule has 0 bridgehead atoms. The zero-order valence-corrected chi connectivity index (χ0v) is 24.7. The van der Waals surface area contributed by atoms with E-state index in [1.807, 2.05) is 6.92 Å². The Hall–Kier alpha value is -4.48. The number of carbonyl (C=O) groups excluding carboxylic acids is 2. The Labute approximate surface area is 255 Å².